The highest BCUT2D eigenvalue weighted by Gasteiger charge is 2.40. The van der Waals surface area contributed by atoms with E-state index in [4.69, 9.17) is 0 Å². The second kappa shape index (κ2) is 6.45. The summed E-state index contributed by atoms with van der Waals surface area (Å²) in [6.07, 6.45) is -0.0329. The Kier molecular flexibility index (Phi) is 4.35. The predicted molar refractivity (Wildman–Crippen MR) is 86.6 cm³/mol. The largest absolute Gasteiger partial charge is 0.478 e. The van der Waals surface area contributed by atoms with Crippen LogP contribution in [0.4, 0.5) is 10.1 Å². The Labute approximate surface area is 141 Å². The molecule has 1 heterocycles. The van der Waals surface area contributed by atoms with Crippen molar-refractivity contribution in [3.8, 4) is 0 Å². The molecule has 1 aliphatic heterocycles. The van der Waals surface area contributed by atoms with Crippen molar-refractivity contribution in [2.75, 3.05) is 4.90 Å². The second-order valence-electron chi connectivity index (χ2n) is 5.16. The van der Waals surface area contributed by atoms with E-state index in [-0.39, 0.29) is 12.0 Å². The smallest absolute Gasteiger partial charge is 0.336 e. The number of hydrogen-bond donors (Lipinski definition) is 1. The lowest BCUT2D eigenvalue weighted by Gasteiger charge is -2.15. The zero-order chi connectivity index (χ0) is 17.3. The molecule has 0 aromatic heterocycles. The summed E-state index contributed by atoms with van der Waals surface area (Å²) in [6.45, 7) is 0. The quantitative estimate of drug-likeness (QED) is 0.863. The maximum absolute atomic E-state index is 13.0. The van der Waals surface area contributed by atoms with Crippen molar-refractivity contribution in [3.63, 3.8) is 0 Å². The van der Waals surface area contributed by atoms with E-state index >= 15 is 0 Å². The Morgan fingerprint density at radius 3 is 2.46 bits per heavy atom. The van der Waals surface area contributed by atoms with Gasteiger partial charge in [0, 0.05) is 11.3 Å². The molecule has 1 fully saturated rings. The summed E-state index contributed by atoms with van der Waals surface area (Å²) >= 11 is 1.05. The van der Waals surface area contributed by atoms with Crippen LogP contribution in [-0.4, -0.2) is 28.1 Å². The summed E-state index contributed by atoms with van der Waals surface area (Å²) in [5.41, 5.74) is 0.393. The molecule has 2 aromatic carbocycles. The molecule has 0 bridgehead atoms. The van der Waals surface area contributed by atoms with Crippen molar-refractivity contribution in [3.05, 3.63) is 59.9 Å². The molecule has 24 heavy (non-hydrogen) atoms. The minimum Gasteiger partial charge on any atom is -0.478 e. The molecule has 122 valence electrons. The van der Waals surface area contributed by atoms with Gasteiger partial charge in [0.25, 0.3) is 0 Å². The van der Waals surface area contributed by atoms with E-state index in [2.05, 4.69) is 0 Å². The molecular formula is C17H12FNO4S. The van der Waals surface area contributed by atoms with Gasteiger partial charge in [-0.15, -0.1) is 11.8 Å². The first-order valence-corrected chi connectivity index (χ1v) is 7.96. The zero-order valence-electron chi connectivity index (χ0n) is 12.3. The van der Waals surface area contributed by atoms with Gasteiger partial charge in [-0.05, 0) is 36.4 Å². The lowest BCUT2D eigenvalue weighted by Crippen LogP contribution is -2.31. The number of carboxylic acids is 1. The van der Waals surface area contributed by atoms with E-state index in [1.165, 1.54) is 30.3 Å². The highest BCUT2D eigenvalue weighted by molar-refractivity contribution is 8.00. The van der Waals surface area contributed by atoms with E-state index < -0.39 is 28.9 Å². The fourth-order valence-corrected chi connectivity index (χ4v) is 3.64. The lowest BCUT2D eigenvalue weighted by atomic mass is 10.2. The van der Waals surface area contributed by atoms with Crippen LogP contribution < -0.4 is 4.90 Å². The molecule has 0 spiro atoms. The molecule has 1 N–H and O–H groups in total. The topological polar surface area (TPSA) is 74.7 Å². The van der Waals surface area contributed by atoms with E-state index in [1.807, 2.05) is 0 Å². The normalized spacial score (nSPS) is 17.4. The third-order valence-corrected chi connectivity index (χ3v) is 4.84. The number of aromatic carboxylic acids is 1. The van der Waals surface area contributed by atoms with Crippen molar-refractivity contribution in [1.82, 2.24) is 0 Å². The third-order valence-electron chi connectivity index (χ3n) is 3.58. The van der Waals surface area contributed by atoms with Gasteiger partial charge in [0.2, 0.25) is 11.8 Å². The number of benzene rings is 2. The van der Waals surface area contributed by atoms with Crippen molar-refractivity contribution >= 4 is 35.2 Å². The molecule has 1 atom stereocenters. The lowest BCUT2D eigenvalue weighted by molar-refractivity contribution is -0.121. The first kappa shape index (κ1) is 16.2. The van der Waals surface area contributed by atoms with Crippen molar-refractivity contribution < 1.29 is 23.9 Å². The number of hydrogen-bond acceptors (Lipinski definition) is 4. The number of halogens is 1. The Balaban J connectivity index is 1.85. The molecule has 0 aliphatic carbocycles. The van der Waals surface area contributed by atoms with Crippen LogP contribution in [0.25, 0.3) is 0 Å². The van der Waals surface area contributed by atoms with Crippen LogP contribution in [0.3, 0.4) is 0 Å². The maximum Gasteiger partial charge on any atom is 0.336 e. The van der Waals surface area contributed by atoms with Crippen LogP contribution in [0.1, 0.15) is 16.8 Å². The summed E-state index contributed by atoms with van der Waals surface area (Å²) < 4.78 is 13.0. The molecule has 0 radical (unpaired) electrons. The average molecular weight is 345 g/mol. The first-order valence-electron chi connectivity index (χ1n) is 7.08. The van der Waals surface area contributed by atoms with E-state index in [1.54, 1.807) is 18.2 Å². The third kappa shape index (κ3) is 3.03. The van der Waals surface area contributed by atoms with Gasteiger partial charge in [0.15, 0.2) is 0 Å². The van der Waals surface area contributed by atoms with Crippen LogP contribution in [0.5, 0.6) is 0 Å². The standard InChI is InChI=1S/C17H12FNO4S/c18-10-5-7-11(8-6-10)19-15(20)9-14(16(19)21)24-13-4-2-1-3-12(13)17(22)23/h1-8,14H,9H2,(H,22,23)/t14-/m1/s1. The Morgan fingerprint density at radius 1 is 1.12 bits per heavy atom. The molecule has 5 nitrogen and oxygen atoms in total. The van der Waals surface area contributed by atoms with E-state index in [0.29, 0.717) is 10.6 Å². The van der Waals surface area contributed by atoms with Crippen LogP contribution in [0.2, 0.25) is 0 Å². The van der Waals surface area contributed by atoms with Crippen LogP contribution in [-0.2, 0) is 9.59 Å². The molecule has 3 rings (SSSR count). The monoisotopic (exact) mass is 345 g/mol. The van der Waals surface area contributed by atoms with Crippen molar-refractivity contribution in [1.29, 1.82) is 0 Å². The van der Waals surface area contributed by atoms with Gasteiger partial charge >= 0.3 is 5.97 Å². The second-order valence-corrected chi connectivity index (χ2v) is 6.40. The van der Waals surface area contributed by atoms with Crippen LogP contribution in [0.15, 0.2) is 53.4 Å². The molecule has 1 aliphatic rings. The van der Waals surface area contributed by atoms with Crippen molar-refractivity contribution in [2.24, 2.45) is 0 Å². The van der Waals surface area contributed by atoms with Gasteiger partial charge in [0.05, 0.1) is 16.5 Å². The van der Waals surface area contributed by atoms with Gasteiger partial charge in [-0.1, -0.05) is 12.1 Å². The molecule has 0 unspecified atom stereocenters. The number of carbonyl (C=O) groups excluding carboxylic acids is 2. The molecule has 1 saturated heterocycles. The minimum atomic E-state index is -1.09. The SMILES string of the molecule is O=C(O)c1ccccc1S[C@@H]1CC(=O)N(c2ccc(F)cc2)C1=O. The van der Waals surface area contributed by atoms with Gasteiger partial charge < -0.3 is 5.11 Å². The molecule has 0 saturated carbocycles. The fourth-order valence-electron chi connectivity index (χ4n) is 2.46. The van der Waals surface area contributed by atoms with Crippen LogP contribution >= 0.6 is 11.8 Å². The Bertz CT molecular complexity index is 822. The average Bonchev–Trinajstić information content (AvgIpc) is 2.83. The number of amides is 2. The fraction of sp³-hybridized carbons (Fsp3) is 0.118. The number of carbonyl (C=O) groups is 3. The molecule has 2 amide bonds. The maximum atomic E-state index is 13.0. The number of rotatable bonds is 4. The number of thioether (sulfide) groups is 1. The predicted octanol–water partition coefficient (Wildman–Crippen LogP) is 2.95. The van der Waals surface area contributed by atoms with Gasteiger partial charge in [-0.25, -0.2) is 14.1 Å². The zero-order valence-corrected chi connectivity index (χ0v) is 13.1. The summed E-state index contributed by atoms with van der Waals surface area (Å²) in [5, 5.41) is 8.50. The number of nitrogens with zero attached hydrogens (tertiary/aromatic N) is 1. The van der Waals surface area contributed by atoms with E-state index in [0.717, 1.165) is 16.7 Å². The Morgan fingerprint density at radius 2 is 1.79 bits per heavy atom. The molecular weight excluding hydrogens is 333 g/mol. The minimum absolute atomic E-state index is 0.0329. The van der Waals surface area contributed by atoms with Gasteiger partial charge in [-0.3, -0.25) is 9.59 Å². The summed E-state index contributed by atoms with van der Waals surface area (Å²) in [5.74, 6) is -2.38. The summed E-state index contributed by atoms with van der Waals surface area (Å²) in [7, 11) is 0. The number of anilines is 1. The Hall–Kier alpha value is -2.67. The van der Waals surface area contributed by atoms with Crippen molar-refractivity contribution in [2.45, 2.75) is 16.6 Å². The van der Waals surface area contributed by atoms with Crippen LogP contribution in [0, 0.1) is 5.82 Å². The highest BCUT2D eigenvalue weighted by Crippen LogP contribution is 2.35. The molecule has 7 heteroatoms. The number of carboxylic acid groups (broad SMARTS) is 1. The highest BCUT2D eigenvalue weighted by atomic mass is 32.2. The van der Waals surface area contributed by atoms with E-state index in [9.17, 15) is 23.9 Å². The first-order chi connectivity index (χ1) is 11.5. The summed E-state index contributed by atoms with van der Waals surface area (Å²) in [6, 6.07) is 11.4. The summed E-state index contributed by atoms with van der Waals surface area (Å²) in [4.78, 5) is 37.4. The number of imide groups is 1. The van der Waals surface area contributed by atoms with Gasteiger partial charge in [-0.2, -0.15) is 0 Å². The molecule has 2 aromatic rings. The van der Waals surface area contributed by atoms with Gasteiger partial charge in [0.1, 0.15) is 5.82 Å².